The van der Waals surface area contributed by atoms with Gasteiger partial charge in [-0.25, -0.2) is 0 Å². The van der Waals surface area contributed by atoms with Gasteiger partial charge in [0, 0.05) is 30.8 Å². The molecule has 1 saturated heterocycles. The summed E-state index contributed by atoms with van der Waals surface area (Å²) in [5, 5.41) is 2.91. The van der Waals surface area contributed by atoms with Crippen molar-refractivity contribution in [2.75, 3.05) is 44.5 Å². The monoisotopic (exact) mass is 414 g/mol. The number of hydrogen-bond donors (Lipinski definition) is 1. The third-order valence-electron chi connectivity index (χ3n) is 4.61. The summed E-state index contributed by atoms with van der Waals surface area (Å²) >= 11 is 1.41. The quantitative estimate of drug-likeness (QED) is 0.501. The number of nitrogens with zero attached hydrogens (tertiary/aromatic N) is 1. The van der Waals surface area contributed by atoms with Crippen molar-refractivity contribution in [3.8, 4) is 5.75 Å². The summed E-state index contributed by atoms with van der Waals surface area (Å²) in [6.45, 7) is 2.68. The molecule has 29 heavy (non-hydrogen) atoms. The van der Waals surface area contributed by atoms with Crippen LogP contribution >= 0.6 is 11.8 Å². The van der Waals surface area contributed by atoms with E-state index in [1.54, 1.807) is 37.4 Å². The Hall–Kier alpha value is -2.51. The summed E-state index contributed by atoms with van der Waals surface area (Å²) in [6.07, 6.45) is 2.15. The highest BCUT2D eigenvalue weighted by Gasteiger charge is 2.19. The number of amides is 2. The largest absolute Gasteiger partial charge is 0.491 e. The molecule has 1 N–H and O–H groups in total. The number of ether oxygens (including phenoxy) is 2. The number of carbonyl (C=O) groups is 2. The van der Waals surface area contributed by atoms with Gasteiger partial charge in [0.15, 0.2) is 0 Å². The van der Waals surface area contributed by atoms with Crippen LogP contribution in [0.2, 0.25) is 0 Å². The van der Waals surface area contributed by atoms with Crippen LogP contribution < -0.4 is 10.1 Å². The molecular formula is C22H26N2O4S. The van der Waals surface area contributed by atoms with Crippen molar-refractivity contribution >= 4 is 29.3 Å². The van der Waals surface area contributed by atoms with E-state index in [4.69, 9.17) is 9.47 Å². The number of methoxy groups -OCH3 is 1. The van der Waals surface area contributed by atoms with Crippen LogP contribution in [0.1, 0.15) is 23.2 Å². The molecule has 0 unspecified atom stereocenters. The van der Waals surface area contributed by atoms with Gasteiger partial charge in [-0.1, -0.05) is 12.1 Å². The second-order valence-corrected chi connectivity index (χ2v) is 7.71. The number of benzene rings is 2. The number of nitrogens with one attached hydrogen (secondary N) is 1. The van der Waals surface area contributed by atoms with Crippen molar-refractivity contribution < 1.29 is 19.1 Å². The third-order valence-corrected chi connectivity index (χ3v) is 5.67. The number of anilines is 1. The van der Waals surface area contributed by atoms with Crippen molar-refractivity contribution in [1.82, 2.24) is 4.90 Å². The van der Waals surface area contributed by atoms with Crippen LogP contribution in [0.4, 0.5) is 5.69 Å². The lowest BCUT2D eigenvalue weighted by atomic mass is 10.2. The maximum absolute atomic E-state index is 12.8. The molecule has 0 bridgehead atoms. The van der Waals surface area contributed by atoms with Crippen molar-refractivity contribution in [3.05, 3.63) is 54.1 Å². The molecule has 2 amide bonds. The molecular weight excluding hydrogens is 388 g/mol. The van der Waals surface area contributed by atoms with Crippen LogP contribution in [0.5, 0.6) is 5.75 Å². The highest BCUT2D eigenvalue weighted by molar-refractivity contribution is 8.00. The molecule has 0 radical (unpaired) electrons. The van der Waals surface area contributed by atoms with Gasteiger partial charge in [0.25, 0.3) is 5.91 Å². The summed E-state index contributed by atoms with van der Waals surface area (Å²) in [4.78, 5) is 27.8. The summed E-state index contributed by atoms with van der Waals surface area (Å²) in [6, 6.07) is 14.6. The van der Waals surface area contributed by atoms with E-state index < -0.39 is 0 Å². The number of carbonyl (C=O) groups excluding carboxylic acids is 2. The fourth-order valence-corrected chi connectivity index (χ4v) is 4.01. The summed E-state index contributed by atoms with van der Waals surface area (Å²) < 4.78 is 10.5. The minimum Gasteiger partial charge on any atom is -0.491 e. The van der Waals surface area contributed by atoms with E-state index in [1.807, 2.05) is 23.1 Å². The zero-order chi connectivity index (χ0) is 20.5. The zero-order valence-electron chi connectivity index (χ0n) is 16.6. The lowest BCUT2D eigenvalue weighted by Gasteiger charge is -2.15. The predicted molar refractivity (Wildman–Crippen MR) is 115 cm³/mol. The number of thioether (sulfide) groups is 1. The molecule has 0 aliphatic carbocycles. The average Bonchev–Trinajstić information content (AvgIpc) is 3.29. The standard InChI is InChI=1S/C22H26N2O4S/c1-27-14-15-28-18-10-8-17(9-11-18)23-22(26)19-6-2-3-7-20(19)29-16-21(25)24-12-4-5-13-24/h2-3,6-11H,4-5,12-16H2,1H3,(H,23,26). The molecule has 6 nitrogen and oxygen atoms in total. The van der Waals surface area contributed by atoms with Crippen molar-refractivity contribution in [2.24, 2.45) is 0 Å². The minimum atomic E-state index is -0.199. The van der Waals surface area contributed by atoms with E-state index in [1.165, 1.54) is 11.8 Å². The normalized spacial score (nSPS) is 13.3. The molecule has 154 valence electrons. The second kappa shape index (κ2) is 10.9. The highest BCUT2D eigenvalue weighted by Crippen LogP contribution is 2.25. The van der Waals surface area contributed by atoms with Crippen LogP contribution in [0.15, 0.2) is 53.4 Å². The van der Waals surface area contributed by atoms with Gasteiger partial charge < -0.3 is 19.7 Å². The molecule has 3 rings (SSSR count). The maximum Gasteiger partial charge on any atom is 0.256 e. The Morgan fingerprint density at radius 1 is 1.03 bits per heavy atom. The molecule has 0 spiro atoms. The molecule has 1 heterocycles. The Kier molecular flexibility index (Phi) is 7.95. The first-order valence-corrected chi connectivity index (χ1v) is 10.7. The van der Waals surface area contributed by atoms with E-state index >= 15 is 0 Å². The molecule has 0 atom stereocenters. The van der Waals surface area contributed by atoms with Crippen LogP contribution in [0, 0.1) is 0 Å². The molecule has 0 saturated carbocycles. The SMILES string of the molecule is COCCOc1ccc(NC(=O)c2ccccc2SCC(=O)N2CCCC2)cc1. The van der Waals surface area contributed by atoms with Gasteiger partial charge in [-0.3, -0.25) is 9.59 Å². The minimum absolute atomic E-state index is 0.131. The second-order valence-electron chi connectivity index (χ2n) is 6.69. The Morgan fingerprint density at radius 2 is 1.76 bits per heavy atom. The Labute approximate surface area is 175 Å². The third kappa shape index (κ3) is 6.24. The van der Waals surface area contributed by atoms with Gasteiger partial charge in [0.2, 0.25) is 5.91 Å². The van der Waals surface area contributed by atoms with Crippen LogP contribution in [0.3, 0.4) is 0 Å². The molecule has 1 fully saturated rings. The van der Waals surface area contributed by atoms with Gasteiger partial charge in [0.1, 0.15) is 12.4 Å². The Bertz CT molecular complexity index is 820. The van der Waals surface area contributed by atoms with Crippen molar-refractivity contribution in [3.63, 3.8) is 0 Å². The average molecular weight is 415 g/mol. The predicted octanol–water partition coefficient (Wildman–Crippen LogP) is 3.68. The molecule has 2 aromatic rings. The van der Waals surface area contributed by atoms with Gasteiger partial charge in [-0.2, -0.15) is 0 Å². The summed E-state index contributed by atoms with van der Waals surface area (Å²) in [7, 11) is 1.63. The number of likely N-dealkylation sites (tertiary alicyclic amines) is 1. The topological polar surface area (TPSA) is 67.9 Å². The molecule has 2 aromatic carbocycles. The van der Waals surface area contributed by atoms with Crippen molar-refractivity contribution in [1.29, 1.82) is 0 Å². The fourth-order valence-electron chi connectivity index (χ4n) is 3.05. The van der Waals surface area contributed by atoms with Crippen LogP contribution in [-0.2, 0) is 9.53 Å². The molecule has 7 heteroatoms. The van der Waals surface area contributed by atoms with Gasteiger partial charge in [0.05, 0.1) is 17.9 Å². The summed E-state index contributed by atoms with van der Waals surface area (Å²) in [5.74, 6) is 0.996. The van der Waals surface area contributed by atoms with E-state index in [-0.39, 0.29) is 11.8 Å². The van der Waals surface area contributed by atoms with Gasteiger partial charge in [-0.15, -0.1) is 11.8 Å². The summed E-state index contributed by atoms with van der Waals surface area (Å²) in [5.41, 5.74) is 1.24. The van der Waals surface area contributed by atoms with Crippen molar-refractivity contribution in [2.45, 2.75) is 17.7 Å². The molecule has 1 aliphatic rings. The van der Waals surface area contributed by atoms with E-state index in [2.05, 4.69) is 5.32 Å². The Balaban J connectivity index is 1.58. The number of rotatable bonds is 9. The smallest absolute Gasteiger partial charge is 0.256 e. The lowest BCUT2D eigenvalue weighted by molar-refractivity contribution is -0.127. The van der Waals surface area contributed by atoms with E-state index in [0.717, 1.165) is 36.6 Å². The molecule has 1 aliphatic heterocycles. The van der Waals surface area contributed by atoms with E-state index in [9.17, 15) is 9.59 Å². The fraction of sp³-hybridized carbons (Fsp3) is 0.364. The first kappa shape index (κ1) is 21.2. The van der Waals surface area contributed by atoms with Crippen LogP contribution in [0.25, 0.3) is 0 Å². The first-order valence-electron chi connectivity index (χ1n) is 9.70. The van der Waals surface area contributed by atoms with Gasteiger partial charge in [-0.05, 0) is 49.2 Å². The zero-order valence-corrected chi connectivity index (χ0v) is 17.4. The Morgan fingerprint density at radius 3 is 2.48 bits per heavy atom. The lowest BCUT2D eigenvalue weighted by Crippen LogP contribution is -2.29. The molecule has 0 aromatic heterocycles. The van der Waals surface area contributed by atoms with E-state index in [0.29, 0.717) is 30.2 Å². The number of hydrogen-bond acceptors (Lipinski definition) is 5. The van der Waals surface area contributed by atoms with Crippen LogP contribution in [-0.4, -0.2) is 55.9 Å². The maximum atomic E-state index is 12.8. The highest BCUT2D eigenvalue weighted by atomic mass is 32.2. The van der Waals surface area contributed by atoms with Gasteiger partial charge >= 0.3 is 0 Å². The first-order chi connectivity index (χ1) is 14.2.